The third kappa shape index (κ3) is 5.22. The topological polar surface area (TPSA) is 81.1 Å². The molecule has 2 rings (SSSR count). The molecule has 7 heteroatoms. The molecule has 0 radical (unpaired) electrons. The van der Waals surface area contributed by atoms with Gasteiger partial charge in [-0.2, -0.15) is 0 Å². The standard InChI is InChI=1S/C14H21N3O3.HI/c1-2-19-13(18)12-7-6-11(20-12)10-16-14(15)17-8-4-3-5-9-17;/h6-7H,2-5,8-10H2,1H3,(H2,15,16);1H. The number of halogens is 1. The Morgan fingerprint density at radius 1 is 1.38 bits per heavy atom. The highest BCUT2D eigenvalue weighted by molar-refractivity contribution is 14.0. The van der Waals surface area contributed by atoms with Crippen molar-refractivity contribution in [3.63, 3.8) is 0 Å². The molecule has 0 spiro atoms. The molecule has 1 fully saturated rings. The van der Waals surface area contributed by atoms with Crippen LogP contribution in [0.2, 0.25) is 0 Å². The highest BCUT2D eigenvalue weighted by Crippen LogP contribution is 2.12. The van der Waals surface area contributed by atoms with Gasteiger partial charge in [-0.05, 0) is 38.3 Å². The summed E-state index contributed by atoms with van der Waals surface area (Å²) in [5.74, 6) is 0.895. The van der Waals surface area contributed by atoms with E-state index < -0.39 is 5.97 Å². The van der Waals surface area contributed by atoms with E-state index in [1.165, 1.54) is 6.42 Å². The van der Waals surface area contributed by atoms with Gasteiger partial charge in [0, 0.05) is 13.1 Å². The fraction of sp³-hybridized carbons (Fsp3) is 0.571. The molecule has 1 aliphatic heterocycles. The van der Waals surface area contributed by atoms with Crippen LogP contribution in [0.3, 0.4) is 0 Å². The lowest BCUT2D eigenvalue weighted by atomic mass is 10.1. The molecule has 6 nitrogen and oxygen atoms in total. The Labute approximate surface area is 141 Å². The van der Waals surface area contributed by atoms with E-state index in [0.717, 1.165) is 25.9 Å². The number of carbonyl (C=O) groups excluding carboxylic acids is 1. The summed E-state index contributed by atoms with van der Waals surface area (Å²) in [7, 11) is 0. The number of ether oxygens (including phenoxy) is 1. The van der Waals surface area contributed by atoms with Crippen molar-refractivity contribution in [1.29, 1.82) is 0 Å². The summed E-state index contributed by atoms with van der Waals surface area (Å²) in [5, 5.41) is 0. The van der Waals surface area contributed by atoms with Crippen LogP contribution in [0.1, 0.15) is 42.5 Å². The number of furan rings is 1. The SMILES string of the molecule is CCOC(=O)c1ccc(CN=C(N)N2CCCCC2)o1.I. The maximum Gasteiger partial charge on any atom is 0.374 e. The van der Waals surface area contributed by atoms with Crippen molar-refractivity contribution < 1.29 is 13.9 Å². The number of aliphatic imine (C=N–C) groups is 1. The van der Waals surface area contributed by atoms with Crippen molar-refractivity contribution >= 4 is 35.9 Å². The summed E-state index contributed by atoms with van der Waals surface area (Å²) in [6, 6.07) is 3.32. The third-order valence-corrected chi connectivity index (χ3v) is 3.22. The lowest BCUT2D eigenvalue weighted by Crippen LogP contribution is -2.40. The van der Waals surface area contributed by atoms with E-state index in [1.54, 1.807) is 19.1 Å². The number of nitrogens with zero attached hydrogens (tertiary/aromatic N) is 2. The molecular weight excluding hydrogens is 385 g/mol. The van der Waals surface area contributed by atoms with Crippen LogP contribution in [-0.4, -0.2) is 36.5 Å². The van der Waals surface area contributed by atoms with Crippen LogP contribution in [0.4, 0.5) is 0 Å². The highest BCUT2D eigenvalue weighted by atomic mass is 127. The Morgan fingerprint density at radius 2 is 2.10 bits per heavy atom. The molecule has 0 amide bonds. The minimum absolute atomic E-state index is 0. The van der Waals surface area contributed by atoms with E-state index in [9.17, 15) is 4.79 Å². The van der Waals surface area contributed by atoms with Crippen molar-refractivity contribution in [3.8, 4) is 0 Å². The smallest absolute Gasteiger partial charge is 0.374 e. The maximum atomic E-state index is 11.5. The zero-order chi connectivity index (χ0) is 14.4. The maximum absolute atomic E-state index is 11.5. The van der Waals surface area contributed by atoms with Gasteiger partial charge in [-0.25, -0.2) is 9.79 Å². The molecule has 0 saturated carbocycles. The van der Waals surface area contributed by atoms with Crippen LogP contribution in [0.5, 0.6) is 0 Å². The number of carbonyl (C=O) groups is 1. The second-order valence-corrected chi connectivity index (χ2v) is 4.71. The van der Waals surface area contributed by atoms with Crippen LogP contribution in [0, 0.1) is 0 Å². The molecule has 0 aliphatic carbocycles. The summed E-state index contributed by atoms with van der Waals surface area (Å²) in [5.41, 5.74) is 5.95. The first-order chi connectivity index (χ1) is 9.70. The van der Waals surface area contributed by atoms with Crippen molar-refractivity contribution in [2.24, 2.45) is 10.7 Å². The largest absolute Gasteiger partial charge is 0.460 e. The van der Waals surface area contributed by atoms with Crippen LogP contribution in [-0.2, 0) is 11.3 Å². The number of likely N-dealkylation sites (tertiary alicyclic amines) is 1. The molecule has 1 aliphatic rings. The number of guanidine groups is 1. The Kier molecular flexibility index (Phi) is 7.55. The van der Waals surface area contributed by atoms with Crippen LogP contribution < -0.4 is 5.73 Å². The molecule has 0 atom stereocenters. The summed E-state index contributed by atoms with van der Waals surface area (Å²) in [4.78, 5) is 17.9. The minimum atomic E-state index is -0.452. The number of piperidine rings is 1. The monoisotopic (exact) mass is 407 g/mol. The second-order valence-electron chi connectivity index (χ2n) is 4.71. The summed E-state index contributed by atoms with van der Waals surface area (Å²) in [6.07, 6.45) is 3.57. The number of hydrogen-bond donors (Lipinski definition) is 1. The van der Waals surface area contributed by atoms with Gasteiger partial charge in [-0.1, -0.05) is 0 Å². The highest BCUT2D eigenvalue weighted by Gasteiger charge is 2.13. The Morgan fingerprint density at radius 3 is 2.76 bits per heavy atom. The van der Waals surface area contributed by atoms with Gasteiger partial charge in [0.05, 0.1) is 6.61 Å². The van der Waals surface area contributed by atoms with Gasteiger partial charge in [0.2, 0.25) is 5.76 Å². The lowest BCUT2D eigenvalue weighted by molar-refractivity contribution is 0.0488. The second kappa shape index (κ2) is 8.91. The number of nitrogens with two attached hydrogens (primary N) is 1. The normalized spacial score (nSPS) is 15.5. The van der Waals surface area contributed by atoms with Crippen molar-refractivity contribution in [2.45, 2.75) is 32.7 Å². The molecule has 1 aromatic rings. The molecule has 21 heavy (non-hydrogen) atoms. The average Bonchev–Trinajstić information content (AvgIpc) is 2.95. The number of hydrogen-bond acceptors (Lipinski definition) is 4. The van der Waals surface area contributed by atoms with Gasteiger partial charge in [0.25, 0.3) is 0 Å². The molecule has 0 unspecified atom stereocenters. The first-order valence-corrected chi connectivity index (χ1v) is 7.01. The molecule has 1 saturated heterocycles. The van der Waals surface area contributed by atoms with Crippen LogP contribution in [0.25, 0.3) is 0 Å². The van der Waals surface area contributed by atoms with Crippen molar-refractivity contribution in [2.75, 3.05) is 19.7 Å². The Hall–Kier alpha value is -1.25. The minimum Gasteiger partial charge on any atom is -0.460 e. The summed E-state index contributed by atoms with van der Waals surface area (Å²) in [6.45, 7) is 4.34. The van der Waals surface area contributed by atoms with Gasteiger partial charge in [0.1, 0.15) is 12.3 Å². The lowest BCUT2D eigenvalue weighted by Gasteiger charge is -2.27. The van der Waals surface area contributed by atoms with Gasteiger partial charge in [-0.3, -0.25) is 0 Å². The molecular formula is C14H22IN3O3. The zero-order valence-electron chi connectivity index (χ0n) is 12.2. The molecule has 0 bridgehead atoms. The quantitative estimate of drug-likeness (QED) is 0.359. The fourth-order valence-electron chi connectivity index (χ4n) is 2.16. The fourth-order valence-corrected chi connectivity index (χ4v) is 2.16. The van der Waals surface area contributed by atoms with E-state index in [1.807, 2.05) is 0 Å². The van der Waals surface area contributed by atoms with Gasteiger partial charge in [-0.15, -0.1) is 24.0 Å². The first-order valence-electron chi connectivity index (χ1n) is 7.01. The predicted octanol–water partition coefficient (Wildman–Crippen LogP) is 2.37. The summed E-state index contributed by atoms with van der Waals surface area (Å²) >= 11 is 0. The number of esters is 1. The van der Waals surface area contributed by atoms with Crippen LogP contribution in [0.15, 0.2) is 21.5 Å². The third-order valence-electron chi connectivity index (χ3n) is 3.22. The van der Waals surface area contributed by atoms with Crippen molar-refractivity contribution in [1.82, 2.24) is 4.90 Å². The van der Waals surface area contributed by atoms with Crippen molar-refractivity contribution in [3.05, 3.63) is 23.7 Å². The van der Waals surface area contributed by atoms with E-state index in [-0.39, 0.29) is 29.7 Å². The average molecular weight is 407 g/mol. The molecule has 118 valence electrons. The molecule has 0 aromatic carbocycles. The van der Waals surface area contributed by atoms with Gasteiger partial charge in [0.15, 0.2) is 5.96 Å². The van der Waals surface area contributed by atoms with Gasteiger partial charge >= 0.3 is 5.97 Å². The summed E-state index contributed by atoms with van der Waals surface area (Å²) < 4.78 is 10.2. The van der Waals surface area contributed by atoms with E-state index in [2.05, 4.69) is 9.89 Å². The molecule has 1 aromatic heterocycles. The van der Waals surface area contributed by atoms with Gasteiger partial charge < -0.3 is 19.8 Å². The van der Waals surface area contributed by atoms with E-state index >= 15 is 0 Å². The Balaban J connectivity index is 0.00000220. The van der Waals surface area contributed by atoms with E-state index in [0.29, 0.717) is 24.9 Å². The molecule has 2 N–H and O–H groups in total. The Bertz CT molecular complexity index is 482. The first kappa shape index (κ1) is 17.8. The number of rotatable bonds is 4. The zero-order valence-corrected chi connectivity index (χ0v) is 14.5. The van der Waals surface area contributed by atoms with Crippen LogP contribution >= 0.6 is 24.0 Å². The van der Waals surface area contributed by atoms with E-state index in [4.69, 9.17) is 14.9 Å². The molecule has 2 heterocycles. The predicted molar refractivity (Wildman–Crippen MR) is 90.8 cm³/mol.